The lowest BCUT2D eigenvalue weighted by atomic mass is 10.2. The lowest BCUT2D eigenvalue weighted by Crippen LogP contribution is -2.18. The number of aryl methyl sites for hydroxylation is 1. The van der Waals surface area contributed by atoms with Gasteiger partial charge in [0.25, 0.3) is 0 Å². The molecule has 2 aromatic carbocycles. The molecule has 0 atom stereocenters. The van der Waals surface area contributed by atoms with Gasteiger partial charge in [-0.2, -0.15) is 0 Å². The van der Waals surface area contributed by atoms with Crippen LogP contribution in [0.4, 0.5) is 5.69 Å². The molecule has 0 aliphatic heterocycles. The van der Waals surface area contributed by atoms with Crippen molar-refractivity contribution in [2.45, 2.75) is 19.9 Å². The molecule has 1 amide bonds. The highest BCUT2D eigenvalue weighted by Gasteiger charge is 2.16. The third-order valence-corrected chi connectivity index (χ3v) is 4.45. The molecule has 0 saturated heterocycles. The van der Waals surface area contributed by atoms with Crippen LogP contribution in [0.1, 0.15) is 12.8 Å². The summed E-state index contributed by atoms with van der Waals surface area (Å²) in [5, 5.41) is 12.6. The minimum Gasteiger partial charge on any atom is -0.421 e. The molecule has 0 fully saturated rings. The molecule has 0 spiro atoms. The van der Waals surface area contributed by atoms with Crippen molar-refractivity contribution in [3.05, 3.63) is 65.6 Å². The monoisotopic (exact) mass is 380 g/mol. The van der Waals surface area contributed by atoms with Crippen LogP contribution >= 0.6 is 11.6 Å². The van der Waals surface area contributed by atoms with Crippen LogP contribution in [-0.2, 0) is 17.8 Å². The summed E-state index contributed by atoms with van der Waals surface area (Å²) in [5.41, 5.74) is 2.40. The van der Waals surface area contributed by atoms with Gasteiger partial charge in [0.15, 0.2) is 0 Å². The Kier molecular flexibility index (Phi) is 4.64. The van der Waals surface area contributed by atoms with Crippen LogP contribution in [0.3, 0.4) is 0 Å². The normalized spacial score (nSPS) is 11.0. The maximum Gasteiger partial charge on any atom is 0.249 e. The van der Waals surface area contributed by atoms with E-state index in [1.807, 2.05) is 42.0 Å². The molecule has 2 heterocycles. The van der Waals surface area contributed by atoms with Crippen molar-refractivity contribution in [3.8, 4) is 11.5 Å². The Bertz CT molecular complexity index is 1120. The smallest absolute Gasteiger partial charge is 0.249 e. The standard InChI is InChI=1S/C20H17ClN4O2/c1-2-19-23-24-20(27-19)16-11-25(17-9-4-3-8-15(16)17)12-18(26)22-14-7-5-6-13(21)10-14/h3-11H,2,12H2,1H3,(H,22,26). The van der Waals surface area contributed by atoms with Gasteiger partial charge in [0.1, 0.15) is 6.54 Å². The SMILES string of the molecule is CCc1nnc(-c2cn(CC(=O)Nc3cccc(Cl)c3)c3ccccc23)o1. The molecule has 1 N–H and O–H groups in total. The van der Waals surface area contributed by atoms with E-state index >= 15 is 0 Å². The fourth-order valence-corrected chi connectivity index (χ4v) is 3.17. The third-order valence-electron chi connectivity index (χ3n) is 4.21. The number of para-hydroxylation sites is 1. The summed E-state index contributed by atoms with van der Waals surface area (Å²) >= 11 is 5.97. The second kappa shape index (κ2) is 7.25. The second-order valence-corrected chi connectivity index (χ2v) is 6.54. The number of amides is 1. The number of carbonyl (C=O) groups excluding carboxylic acids is 1. The molecule has 7 heteroatoms. The topological polar surface area (TPSA) is 73.0 Å². The van der Waals surface area contributed by atoms with Crippen LogP contribution in [0, 0.1) is 0 Å². The largest absolute Gasteiger partial charge is 0.421 e. The van der Waals surface area contributed by atoms with Crippen LogP contribution in [0.2, 0.25) is 5.02 Å². The summed E-state index contributed by atoms with van der Waals surface area (Å²) in [7, 11) is 0. The van der Waals surface area contributed by atoms with Gasteiger partial charge in [-0.1, -0.05) is 42.8 Å². The summed E-state index contributed by atoms with van der Waals surface area (Å²) in [6.07, 6.45) is 2.54. The molecule has 136 valence electrons. The average molecular weight is 381 g/mol. The Labute approximate surface area is 160 Å². The molecule has 0 radical (unpaired) electrons. The van der Waals surface area contributed by atoms with E-state index in [4.69, 9.17) is 16.0 Å². The van der Waals surface area contributed by atoms with Crippen molar-refractivity contribution in [3.63, 3.8) is 0 Å². The molecule has 0 unspecified atom stereocenters. The first-order valence-electron chi connectivity index (χ1n) is 8.60. The summed E-state index contributed by atoms with van der Waals surface area (Å²) in [4.78, 5) is 12.5. The highest BCUT2D eigenvalue weighted by molar-refractivity contribution is 6.30. The van der Waals surface area contributed by atoms with E-state index in [2.05, 4.69) is 15.5 Å². The summed E-state index contributed by atoms with van der Waals surface area (Å²) < 4.78 is 7.58. The van der Waals surface area contributed by atoms with E-state index in [9.17, 15) is 4.79 Å². The number of rotatable bonds is 5. The van der Waals surface area contributed by atoms with Crippen molar-refractivity contribution in [2.24, 2.45) is 0 Å². The summed E-state index contributed by atoms with van der Waals surface area (Å²) in [6.45, 7) is 2.11. The Morgan fingerprint density at radius 1 is 1.19 bits per heavy atom. The van der Waals surface area contributed by atoms with Crippen molar-refractivity contribution in [1.82, 2.24) is 14.8 Å². The number of hydrogen-bond donors (Lipinski definition) is 1. The number of benzene rings is 2. The van der Waals surface area contributed by atoms with E-state index in [-0.39, 0.29) is 12.5 Å². The van der Waals surface area contributed by atoms with Gasteiger partial charge in [-0.15, -0.1) is 10.2 Å². The van der Waals surface area contributed by atoms with Crippen molar-refractivity contribution in [1.29, 1.82) is 0 Å². The van der Waals surface area contributed by atoms with E-state index in [0.717, 1.165) is 16.5 Å². The first kappa shape index (κ1) is 17.3. The second-order valence-electron chi connectivity index (χ2n) is 6.10. The number of aromatic nitrogens is 3. The number of hydrogen-bond acceptors (Lipinski definition) is 4. The summed E-state index contributed by atoms with van der Waals surface area (Å²) in [6, 6.07) is 14.9. The molecular formula is C20H17ClN4O2. The molecule has 4 rings (SSSR count). The van der Waals surface area contributed by atoms with E-state index in [0.29, 0.717) is 28.9 Å². The van der Waals surface area contributed by atoms with Gasteiger partial charge in [-0.25, -0.2) is 0 Å². The maximum atomic E-state index is 12.5. The van der Waals surface area contributed by atoms with Crippen molar-refractivity contribution in [2.75, 3.05) is 5.32 Å². The predicted octanol–water partition coefficient (Wildman–Crippen LogP) is 4.55. The zero-order valence-electron chi connectivity index (χ0n) is 14.6. The fourth-order valence-electron chi connectivity index (χ4n) is 2.97. The van der Waals surface area contributed by atoms with Gasteiger partial charge in [0.05, 0.1) is 5.56 Å². The Hall–Kier alpha value is -3.12. The van der Waals surface area contributed by atoms with Gasteiger partial charge in [0.2, 0.25) is 17.7 Å². The van der Waals surface area contributed by atoms with Crippen LogP contribution in [0.5, 0.6) is 0 Å². The zero-order chi connectivity index (χ0) is 18.8. The average Bonchev–Trinajstić information content (AvgIpc) is 3.27. The highest BCUT2D eigenvalue weighted by atomic mass is 35.5. The maximum absolute atomic E-state index is 12.5. The van der Waals surface area contributed by atoms with Crippen LogP contribution in [0.25, 0.3) is 22.4 Å². The minimum atomic E-state index is -0.149. The van der Waals surface area contributed by atoms with Crippen molar-refractivity contribution < 1.29 is 9.21 Å². The van der Waals surface area contributed by atoms with Crippen molar-refractivity contribution >= 4 is 34.1 Å². The number of carbonyl (C=O) groups is 1. The first-order valence-corrected chi connectivity index (χ1v) is 8.98. The Morgan fingerprint density at radius 3 is 2.81 bits per heavy atom. The molecule has 4 aromatic rings. The lowest BCUT2D eigenvalue weighted by Gasteiger charge is -2.07. The van der Waals surface area contributed by atoms with E-state index in [1.54, 1.807) is 24.3 Å². The van der Waals surface area contributed by atoms with Gasteiger partial charge >= 0.3 is 0 Å². The molecule has 6 nitrogen and oxygen atoms in total. The van der Waals surface area contributed by atoms with Crippen LogP contribution in [0.15, 0.2) is 59.1 Å². The number of fused-ring (bicyclic) bond motifs is 1. The van der Waals surface area contributed by atoms with E-state index in [1.165, 1.54) is 0 Å². The Balaban J connectivity index is 1.65. The molecular weight excluding hydrogens is 364 g/mol. The third kappa shape index (κ3) is 3.57. The van der Waals surface area contributed by atoms with Gasteiger partial charge < -0.3 is 14.3 Å². The molecule has 0 saturated carbocycles. The Morgan fingerprint density at radius 2 is 2.04 bits per heavy atom. The van der Waals surface area contributed by atoms with Gasteiger partial charge in [0, 0.05) is 34.2 Å². The van der Waals surface area contributed by atoms with E-state index < -0.39 is 0 Å². The number of nitrogens with zero attached hydrogens (tertiary/aromatic N) is 3. The lowest BCUT2D eigenvalue weighted by molar-refractivity contribution is -0.116. The highest BCUT2D eigenvalue weighted by Crippen LogP contribution is 2.30. The quantitative estimate of drug-likeness (QED) is 0.551. The fraction of sp³-hybridized carbons (Fsp3) is 0.150. The molecule has 2 aromatic heterocycles. The molecule has 0 bridgehead atoms. The van der Waals surface area contributed by atoms with Crippen LogP contribution < -0.4 is 5.32 Å². The summed E-state index contributed by atoms with van der Waals surface area (Å²) in [5.74, 6) is 0.891. The minimum absolute atomic E-state index is 0.149. The number of nitrogens with one attached hydrogen (secondary N) is 1. The molecule has 27 heavy (non-hydrogen) atoms. The first-order chi connectivity index (χ1) is 13.1. The molecule has 0 aliphatic rings. The zero-order valence-corrected chi connectivity index (χ0v) is 15.4. The number of halogens is 1. The van der Waals surface area contributed by atoms with Crippen LogP contribution in [-0.4, -0.2) is 20.7 Å². The number of anilines is 1. The predicted molar refractivity (Wildman–Crippen MR) is 105 cm³/mol. The van der Waals surface area contributed by atoms with Gasteiger partial charge in [-0.3, -0.25) is 4.79 Å². The molecule has 0 aliphatic carbocycles. The van der Waals surface area contributed by atoms with Gasteiger partial charge in [-0.05, 0) is 24.3 Å².